The first-order chi connectivity index (χ1) is 10.2. The summed E-state index contributed by atoms with van der Waals surface area (Å²) in [7, 11) is 0. The van der Waals surface area contributed by atoms with Gasteiger partial charge >= 0.3 is 23.9 Å². The van der Waals surface area contributed by atoms with E-state index in [9.17, 15) is 35.1 Å². The Balaban J connectivity index is 0.000000248. The van der Waals surface area contributed by atoms with Crippen LogP contribution in [0.3, 0.4) is 0 Å². The summed E-state index contributed by atoms with van der Waals surface area (Å²) in [5, 5.41) is 7.35. The topological polar surface area (TPSA) is 54.5 Å². The number of ether oxygens (including phenoxy) is 3. The van der Waals surface area contributed by atoms with Gasteiger partial charge in [-0.3, -0.25) is 0 Å². The van der Waals surface area contributed by atoms with Gasteiger partial charge in [-0.25, -0.2) is 0 Å². The van der Waals surface area contributed by atoms with E-state index in [1.807, 2.05) is 0 Å². The van der Waals surface area contributed by atoms with E-state index in [-0.39, 0.29) is 0 Å². The highest BCUT2D eigenvalue weighted by molar-refractivity contribution is 4.97. The molecular formula is C11H14F8O4. The molecule has 23 heavy (non-hydrogen) atoms. The fourth-order valence-electron chi connectivity index (χ4n) is 1.12. The molecule has 0 bridgehead atoms. The minimum absolute atomic E-state index is 0.392. The molecule has 0 spiro atoms. The van der Waals surface area contributed by atoms with E-state index in [4.69, 9.17) is 19.3 Å². The zero-order valence-corrected chi connectivity index (χ0v) is 11.7. The molecule has 0 aliphatic carbocycles. The Morgan fingerprint density at radius 2 is 1.22 bits per heavy atom. The van der Waals surface area contributed by atoms with Gasteiger partial charge in [0.2, 0.25) is 0 Å². The molecule has 0 radical (unpaired) electrons. The molecule has 0 aromatic heterocycles. The summed E-state index contributed by atoms with van der Waals surface area (Å²) in [6.07, 6.45) is -5.44. The van der Waals surface area contributed by atoms with Crippen molar-refractivity contribution in [3.8, 4) is 0 Å². The summed E-state index contributed by atoms with van der Waals surface area (Å²) < 4.78 is 110. The Kier molecular flexibility index (Phi) is 5.88. The van der Waals surface area contributed by atoms with Gasteiger partial charge in [-0.05, 0) is 0 Å². The van der Waals surface area contributed by atoms with Gasteiger partial charge < -0.3 is 19.3 Å². The minimum atomic E-state index is -6.54. The number of hydrogen-bond acceptors (Lipinski definition) is 4. The van der Waals surface area contributed by atoms with Crippen LogP contribution in [0.2, 0.25) is 0 Å². The van der Waals surface area contributed by atoms with Crippen LogP contribution in [-0.4, -0.2) is 67.6 Å². The maximum absolute atomic E-state index is 12.1. The van der Waals surface area contributed by atoms with Crippen molar-refractivity contribution in [2.45, 2.75) is 43.0 Å². The van der Waals surface area contributed by atoms with Crippen molar-refractivity contribution in [3.63, 3.8) is 0 Å². The fraction of sp³-hybridized carbons (Fsp3) is 1.00. The first-order valence-corrected chi connectivity index (χ1v) is 6.24. The van der Waals surface area contributed by atoms with Gasteiger partial charge in [-0.15, -0.1) is 0 Å². The summed E-state index contributed by atoms with van der Waals surface area (Å²) in [6.45, 7) is 2.60. The van der Waals surface area contributed by atoms with Crippen molar-refractivity contribution in [1.29, 1.82) is 0 Å². The zero-order valence-electron chi connectivity index (χ0n) is 11.7. The maximum Gasteiger partial charge on any atom is 0.423 e. The van der Waals surface area contributed by atoms with E-state index in [0.717, 1.165) is 26.4 Å². The third-order valence-electron chi connectivity index (χ3n) is 2.74. The van der Waals surface area contributed by atoms with Crippen molar-refractivity contribution in [3.05, 3.63) is 0 Å². The molecule has 2 rings (SSSR count). The van der Waals surface area contributed by atoms with E-state index in [0.29, 0.717) is 12.2 Å². The molecule has 2 saturated heterocycles. The Labute approximate surface area is 125 Å². The van der Waals surface area contributed by atoms with E-state index < -0.39 is 30.8 Å². The minimum Gasteiger partial charge on any atom is -0.376 e. The average molecular weight is 362 g/mol. The van der Waals surface area contributed by atoms with Crippen molar-refractivity contribution >= 4 is 0 Å². The van der Waals surface area contributed by atoms with Crippen LogP contribution in [0.1, 0.15) is 6.92 Å². The molecule has 2 heterocycles. The molecule has 138 valence electrons. The predicted octanol–water partition coefficient (Wildman–Crippen LogP) is 2.30. The van der Waals surface area contributed by atoms with Gasteiger partial charge in [0.1, 0.15) is 12.2 Å². The standard InChI is InChI=1S/C6H10O3.C5H4F8O/c1(5-3-8-5)7-2-6-4-9-6;1-2(6,7)3(8,9)4(10,11)5(12,13)14/h5-6H,1-4H2;14H,1H3. The van der Waals surface area contributed by atoms with Gasteiger partial charge in [0.25, 0.3) is 0 Å². The molecule has 0 aromatic rings. The van der Waals surface area contributed by atoms with Crippen LogP contribution in [-0.2, 0) is 14.2 Å². The Bertz CT molecular complexity index is 348. The van der Waals surface area contributed by atoms with Gasteiger partial charge in [0.05, 0.1) is 26.4 Å². The average Bonchev–Trinajstić information content (AvgIpc) is 3.21. The van der Waals surface area contributed by atoms with Crippen LogP contribution in [0, 0.1) is 0 Å². The predicted molar refractivity (Wildman–Crippen MR) is 58.0 cm³/mol. The number of rotatable bonds is 7. The molecular weight excluding hydrogens is 348 g/mol. The second-order valence-electron chi connectivity index (χ2n) is 5.03. The first-order valence-electron chi connectivity index (χ1n) is 6.24. The molecule has 2 aliphatic heterocycles. The molecule has 1 N–H and O–H groups in total. The van der Waals surface area contributed by atoms with Gasteiger partial charge in [-0.2, -0.15) is 35.1 Å². The SMILES string of the molecule is C(OCC1CO1)C1CO1.CC(F)(F)C(F)(F)C(F)(F)C(O)(F)F. The lowest BCUT2D eigenvalue weighted by Crippen LogP contribution is -2.61. The lowest BCUT2D eigenvalue weighted by Gasteiger charge is -2.32. The summed E-state index contributed by atoms with van der Waals surface area (Å²) in [5.41, 5.74) is 0. The van der Waals surface area contributed by atoms with Crippen LogP contribution in [0.25, 0.3) is 0 Å². The second kappa shape index (κ2) is 6.65. The highest BCUT2D eigenvalue weighted by Crippen LogP contribution is 2.51. The van der Waals surface area contributed by atoms with E-state index in [1.165, 1.54) is 0 Å². The summed E-state index contributed by atoms with van der Waals surface area (Å²) in [4.78, 5) is 0. The number of aliphatic hydroxyl groups is 1. The van der Waals surface area contributed by atoms with Gasteiger partial charge in [0.15, 0.2) is 0 Å². The van der Waals surface area contributed by atoms with Crippen LogP contribution in [0.4, 0.5) is 35.1 Å². The van der Waals surface area contributed by atoms with Crippen LogP contribution >= 0.6 is 0 Å². The molecule has 4 nitrogen and oxygen atoms in total. The molecule has 2 atom stereocenters. The molecule has 2 fully saturated rings. The molecule has 2 aliphatic rings. The monoisotopic (exact) mass is 362 g/mol. The van der Waals surface area contributed by atoms with Crippen molar-refractivity contribution in [2.75, 3.05) is 26.4 Å². The third-order valence-corrected chi connectivity index (χ3v) is 2.74. The molecule has 2 unspecified atom stereocenters. The largest absolute Gasteiger partial charge is 0.423 e. The summed E-state index contributed by atoms with van der Waals surface area (Å²) >= 11 is 0. The third kappa shape index (κ3) is 5.40. The first kappa shape index (κ1) is 20.3. The zero-order chi connectivity index (χ0) is 18.1. The lowest BCUT2D eigenvalue weighted by atomic mass is 10.1. The molecule has 0 saturated carbocycles. The van der Waals surface area contributed by atoms with Crippen LogP contribution < -0.4 is 0 Å². The second-order valence-corrected chi connectivity index (χ2v) is 5.03. The number of hydrogen-bond donors (Lipinski definition) is 1. The van der Waals surface area contributed by atoms with Gasteiger partial charge in [0, 0.05) is 6.92 Å². The Morgan fingerprint density at radius 1 is 0.870 bits per heavy atom. The summed E-state index contributed by atoms with van der Waals surface area (Å²) in [5.74, 6) is -18.3. The highest BCUT2D eigenvalue weighted by Gasteiger charge is 2.79. The van der Waals surface area contributed by atoms with E-state index in [2.05, 4.69) is 0 Å². The number of halogens is 8. The van der Waals surface area contributed by atoms with Crippen molar-refractivity contribution in [2.24, 2.45) is 0 Å². The van der Waals surface area contributed by atoms with Crippen molar-refractivity contribution in [1.82, 2.24) is 0 Å². The lowest BCUT2D eigenvalue weighted by molar-refractivity contribution is -0.414. The highest BCUT2D eigenvalue weighted by atomic mass is 19.4. The van der Waals surface area contributed by atoms with Crippen molar-refractivity contribution < 1.29 is 54.4 Å². The van der Waals surface area contributed by atoms with E-state index in [1.54, 1.807) is 0 Å². The number of alkyl halides is 8. The van der Waals surface area contributed by atoms with Crippen LogP contribution in [0.15, 0.2) is 0 Å². The summed E-state index contributed by atoms with van der Waals surface area (Å²) in [6, 6.07) is 0. The van der Waals surface area contributed by atoms with Crippen LogP contribution in [0.5, 0.6) is 0 Å². The Morgan fingerprint density at radius 3 is 1.39 bits per heavy atom. The quantitative estimate of drug-likeness (QED) is 0.558. The Hall–Kier alpha value is -0.720. The number of epoxide rings is 2. The molecule has 0 aromatic carbocycles. The van der Waals surface area contributed by atoms with E-state index >= 15 is 0 Å². The molecule has 12 heteroatoms. The smallest absolute Gasteiger partial charge is 0.376 e. The van der Waals surface area contributed by atoms with Gasteiger partial charge in [-0.1, -0.05) is 0 Å². The molecule has 0 amide bonds. The fourth-order valence-corrected chi connectivity index (χ4v) is 1.12. The normalized spacial score (nSPS) is 24.8. The maximum atomic E-state index is 12.1.